The number of hydrogen-bond donors (Lipinski definition) is 0. The molecule has 1 amide bonds. The van der Waals surface area contributed by atoms with Gasteiger partial charge in [-0.05, 0) is 48.2 Å². The van der Waals surface area contributed by atoms with Gasteiger partial charge >= 0.3 is 0 Å². The van der Waals surface area contributed by atoms with Crippen molar-refractivity contribution >= 4 is 62.8 Å². The fourth-order valence-corrected chi connectivity index (χ4v) is 5.27. The number of benzene rings is 2. The molecule has 1 aliphatic rings. The van der Waals surface area contributed by atoms with Gasteiger partial charge in [0.05, 0.1) is 37.6 Å². The minimum absolute atomic E-state index is 0. The van der Waals surface area contributed by atoms with E-state index in [1.165, 1.54) is 4.90 Å². The predicted octanol–water partition coefficient (Wildman–Crippen LogP) is 4.84. The molecule has 0 unspecified atom stereocenters. The number of ether oxygens (including phenoxy) is 3. The Morgan fingerprint density at radius 2 is 1.94 bits per heavy atom. The summed E-state index contributed by atoms with van der Waals surface area (Å²) in [6.07, 6.45) is 5.45. The highest BCUT2D eigenvalue weighted by Crippen LogP contribution is 2.32. The lowest BCUT2D eigenvalue weighted by Crippen LogP contribution is -2.42. The minimum Gasteiger partial charge on any atom is -0.493 e. The number of nitrogens with zero attached hydrogens (tertiary/aromatic N) is 3. The molecule has 1 saturated heterocycles. The number of hydrogen-bond acceptors (Lipinski definition) is 8. The number of methoxy groups -OCH3 is 2. The third-order valence-electron chi connectivity index (χ3n) is 5.65. The maximum atomic E-state index is 13.4. The molecule has 10 heteroatoms. The number of rotatable bonds is 9. The van der Waals surface area contributed by atoms with Gasteiger partial charge in [0.25, 0.3) is 5.91 Å². The van der Waals surface area contributed by atoms with Gasteiger partial charge in [-0.2, -0.15) is 0 Å². The summed E-state index contributed by atoms with van der Waals surface area (Å²) in [5.74, 6) is 1.17. The summed E-state index contributed by atoms with van der Waals surface area (Å²) in [5.41, 5.74) is 1.76. The summed E-state index contributed by atoms with van der Waals surface area (Å²) >= 11 is 3.25. The van der Waals surface area contributed by atoms with Gasteiger partial charge in [-0.25, -0.2) is 4.98 Å². The molecule has 2 aromatic carbocycles. The van der Waals surface area contributed by atoms with Gasteiger partial charge in [-0.3, -0.25) is 14.6 Å². The molecule has 35 heavy (non-hydrogen) atoms. The summed E-state index contributed by atoms with van der Waals surface area (Å²) in [7, 11) is 3.20. The maximum Gasteiger partial charge on any atom is 0.252 e. The maximum absolute atomic E-state index is 13.4. The Kier molecular flexibility index (Phi) is 10.2. The Morgan fingerprint density at radius 3 is 2.66 bits per heavy atom. The van der Waals surface area contributed by atoms with Crippen molar-refractivity contribution in [3.05, 3.63) is 48.0 Å². The van der Waals surface area contributed by atoms with E-state index in [9.17, 15) is 4.79 Å². The van der Waals surface area contributed by atoms with Crippen molar-refractivity contribution in [2.24, 2.45) is 0 Å². The summed E-state index contributed by atoms with van der Waals surface area (Å²) in [4.78, 5) is 23.4. The normalized spacial score (nSPS) is 14.1. The van der Waals surface area contributed by atoms with E-state index in [-0.39, 0.29) is 18.3 Å². The number of thioether (sulfide) groups is 1. The largest absolute Gasteiger partial charge is 0.493 e. The quantitative estimate of drug-likeness (QED) is 0.287. The lowest BCUT2D eigenvalue weighted by Gasteiger charge is -2.28. The van der Waals surface area contributed by atoms with Gasteiger partial charge in [0, 0.05) is 37.2 Å². The van der Waals surface area contributed by atoms with Crippen LogP contribution in [0.25, 0.3) is 16.3 Å². The highest BCUT2D eigenvalue weighted by molar-refractivity contribution is 7.98. The molecule has 0 N–H and O–H groups in total. The van der Waals surface area contributed by atoms with Crippen LogP contribution in [0.4, 0.5) is 5.13 Å². The predicted molar refractivity (Wildman–Crippen MR) is 147 cm³/mol. The Balaban J connectivity index is 0.00000342. The molecule has 188 valence electrons. The zero-order chi connectivity index (χ0) is 23.9. The average Bonchev–Trinajstić information content (AvgIpc) is 3.30. The molecular formula is C25H30ClN3O4S2. The molecule has 2 heterocycles. The molecule has 0 aliphatic carbocycles. The van der Waals surface area contributed by atoms with Gasteiger partial charge in [-0.15, -0.1) is 24.2 Å². The summed E-state index contributed by atoms with van der Waals surface area (Å²) in [6.45, 7) is 4.54. The van der Waals surface area contributed by atoms with Crippen molar-refractivity contribution in [2.45, 2.75) is 4.90 Å². The van der Waals surface area contributed by atoms with Gasteiger partial charge < -0.3 is 14.2 Å². The minimum atomic E-state index is -0.104. The van der Waals surface area contributed by atoms with Gasteiger partial charge in [0.15, 0.2) is 16.6 Å². The third kappa shape index (κ3) is 6.89. The number of amides is 1. The van der Waals surface area contributed by atoms with E-state index < -0.39 is 0 Å². The van der Waals surface area contributed by atoms with E-state index >= 15 is 0 Å². The van der Waals surface area contributed by atoms with Crippen molar-refractivity contribution in [1.82, 2.24) is 9.88 Å². The second-order valence-corrected chi connectivity index (χ2v) is 9.61. The summed E-state index contributed by atoms with van der Waals surface area (Å²) in [5, 5.41) is 0.712. The first-order chi connectivity index (χ1) is 16.6. The van der Waals surface area contributed by atoms with Crippen LogP contribution in [0, 0.1) is 0 Å². The number of anilines is 1. The van der Waals surface area contributed by atoms with Crippen LogP contribution in [0.3, 0.4) is 0 Å². The standard InChI is InChI=1S/C25H29N3O4S2.ClH/c1-30-21-8-4-18(16-22(21)31-2)5-9-24(29)28(11-10-27-12-14-32-15-13-27)25-26-20-7-6-19(33-3)17-23(20)34-25;/h4-9,16-17H,10-15H2,1-3H3;1H. The fraction of sp³-hybridized carbons (Fsp3) is 0.360. The second-order valence-electron chi connectivity index (χ2n) is 7.72. The van der Waals surface area contributed by atoms with Crippen molar-refractivity contribution in [1.29, 1.82) is 0 Å². The lowest BCUT2D eigenvalue weighted by atomic mass is 10.2. The number of morpholine rings is 1. The van der Waals surface area contributed by atoms with E-state index in [0.29, 0.717) is 23.2 Å². The van der Waals surface area contributed by atoms with Crippen LogP contribution in [-0.2, 0) is 9.53 Å². The van der Waals surface area contributed by atoms with E-state index in [4.69, 9.17) is 19.2 Å². The summed E-state index contributed by atoms with van der Waals surface area (Å²) in [6, 6.07) is 11.8. The van der Waals surface area contributed by atoms with Crippen LogP contribution < -0.4 is 14.4 Å². The van der Waals surface area contributed by atoms with Crippen LogP contribution >= 0.6 is 35.5 Å². The summed E-state index contributed by atoms with van der Waals surface area (Å²) < 4.78 is 17.2. The van der Waals surface area contributed by atoms with E-state index in [0.717, 1.165) is 48.6 Å². The number of halogens is 1. The Labute approximate surface area is 220 Å². The van der Waals surface area contributed by atoms with Gasteiger partial charge in [-0.1, -0.05) is 17.4 Å². The molecule has 3 aromatic rings. The fourth-order valence-electron chi connectivity index (χ4n) is 3.72. The van der Waals surface area contributed by atoms with Crippen molar-refractivity contribution in [3.8, 4) is 11.5 Å². The second kappa shape index (κ2) is 13.1. The van der Waals surface area contributed by atoms with Gasteiger partial charge in [0.2, 0.25) is 0 Å². The van der Waals surface area contributed by atoms with Gasteiger partial charge in [0.1, 0.15) is 0 Å². The number of aromatic nitrogens is 1. The molecule has 0 spiro atoms. The molecule has 4 rings (SSSR count). The van der Waals surface area contributed by atoms with Crippen LogP contribution in [0.1, 0.15) is 5.56 Å². The highest BCUT2D eigenvalue weighted by Gasteiger charge is 2.20. The Morgan fingerprint density at radius 1 is 1.17 bits per heavy atom. The molecule has 1 fully saturated rings. The molecule has 0 saturated carbocycles. The van der Waals surface area contributed by atoms with Crippen molar-refractivity contribution < 1.29 is 19.0 Å². The smallest absolute Gasteiger partial charge is 0.252 e. The highest BCUT2D eigenvalue weighted by atomic mass is 35.5. The van der Waals surface area contributed by atoms with E-state index in [1.807, 2.05) is 24.3 Å². The number of carbonyl (C=O) groups excluding carboxylic acids is 1. The molecule has 7 nitrogen and oxygen atoms in total. The first-order valence-electron chi connectivity index (χ1n) is 11.1. The Hall–Kier alpha value is -2.30. The Bertz CT molecular complexity index is 1160. The molecule has 1 aliphatic heterocycles. The SMILES string of the molecule is COc1ccc(C=CC(=O)N(CCN2CCOCC2)c2nc3ccc(SC)cc3s2)cc1OC.Cl. The molecule has 0 radical (unpaired) electrons. The van der Waals surface area contributed by atoms with Crippen molar-refractivity contribution in [2.75, 3.05) is 64.8 Å². The van der Waals surface area contributed by atoms with Crippen LogP contribution in [0.5, 0.6) is 11.5 Å². The van der Waals surface area contributed by atoms with Crippen LogP contribution in [-0.4, -0.2) is 75.7 Å². The average molecular weight is 536 g/mol. The first kappa shape index (κ1) is 27.3. The van der Waals surface area contributed by atoms with Crippen molar-refractivity contribution in [3.63, 3.8) is 0 Å². The molecular weight excluding hydrogens is 506 g/mol. The molecule has 0 atom stereocenters. The van der Waals surface area contributed by atoms with E-state index in [1.54, 1.807) is 54.4 Å². The molecule has 0 bridgehead atoms. The molecule has 1 aromatic heterocycles. The zero-order valence-electron chi connectivity index (χ0n) is 20.1. The van der Waals surface area contributed by atoms with Crippen LogP contribution in [0.15, 0.2) is 47.4 Å². The third-order valence-corrected chi connectivity index (χ3v) is 7.42. The topological polar surface area (TPSA) is 64.1 Å². The number of fused-ring (bicyclic) bond motifs is 1. The zero-order valence-corrected chi connectivity index (χ0v) is 22.5. The number of thiazole rings is 1. The number of carbonyl (C=O) groups is 1. The van der Waals surface area contributed by atoms with E-state index in [2.05, 4.69) is 23.3 Å². The first-order valence-corrected chi connectivity index (χ1v) is 13.1. The van der Waals surface area contributed by atoms with Crippen LogP contribution in [0.2, 0.25) is 0 Å². The monoisotopic (exact) mass is 535 g/mol. The lowest BCUT2D eigenvalue weighted by molar-refractivity contribution is -0.114.